The fourth-order valence-corrected chi connectivity index (χ4v) is 8.59. The van der Waals surface area contributed by atoms with Crippen molar-refractivity contribution < 1.29 is 23.8 Å². The molecule has 1 fully saturated rings. The first-order valence-corrected chi connectivity index (χ1v) is 27.0. The van der Waals surface area contributed by atoms with Gasteiger partial charge in [0.05, 0.1) is 17.8 Å². The lowest BCUT2D eigenvalue weighted by Crippen LogP contribution is -2.55. The van der Waals surface area contributed by atoms with E-state index in [-0.39, 0.29) is 23.5 Å². The molecule has 3 heterocycles. The van der Waals surface area contributed by atoms with Gasteiger partial charge in [-0.15, -0.1) is 0 Å². The fraction of sp³-hybridized carbons (Fsp3) is 0.675. The van der Waals surface area contributed by atoms with Crippen molar-refractivity contribution >= 4 is 39.1 Å². The molecular formula is C40H65N5O5Si2. The summed E-state index contributed by atoms with van der Waals surface area (Å²) < 4.78 is 22.5. The highest BCUT2D eigenvalue weighted by Gasteiger charge is 2.34. The molecule has 0 saturated carbocycles. The molecule has 1 aliphatic carbocycles. The lowest BCUT2D eigenvalue weighted by Gasteiger charge is -2.39. The van der Waals surface area contributed by atoms with Crippen LogP contribution in [-0.4, -0.2) is 97.8 Å². The molecule has 0 radical (unpaired) electrons. The predicted molar refractivity (Wildman–Crippen MR) is 216 cm³/mol. The minimum absolute atomic E-state index is 0.0268. The maximum absolute atomic E-state index is 14.0. The van der Waals surface area contributed by atoms with Crippen LogP contribution in [0.15, 0.2) is 24.3 Å². The minimum Gasteiger partial charge on any atom is -0.449 e. The zero-order valence-corrected chi connectivity index (χ0v) is 35.8. The third kappa shape index (κ3) is 10.2. The zero-order chi connectivity index (χ0) is 37.8. The highest BCUT2D eigenvalue weighted by atomic mass is 28.3. The van der Waals surface area contributed by atoms with Gasteiger partial charge in [0.1, 0.15) is 19.2 Å². The van der Waals surface area contributed by atoms with Crippen LogP contribution in [0.2, 0.25) is 51.4 Å². The Kier molecular flexibility index (Phi) is 12.9. The number of piperazine rings is 1. The molecule has 0 N–H and O–H groups in total. The number of hydrogen-bond donors (Lipinski definition) is 0. The molecule has 0 bridgehead atoms. The Labute approximate surface area is 314 Å². The van der Waals surface area contributed by atoms with Gasteiger partial charge in [0.25, 0.3) is 5.91 Å². The second-order valence-corrected chi connectivity index (χ2v) is 29.5. The Balaban J connectivity index is 1.45. The first kappa shape index (κ1) is 40.3. The maximum atomic E-state index is 14.0. The third-order valence-corrected chi connectivity index (χ3v) is 14.0. The van der Waals surface area contributed by atoms with E-state index in [0.29, 0.717) is 51.9 Å². The van der Waals surface area contributed by atoms with Crippen LogP contribution in [0.25, 0.3) is 22.3 Å². The number of fused-ring (bicyclic) bond motifs is 2. The Bertz CT molecular complexity index is 1700. The van der Waals surface area contributed by atoms with Gasteiger partial charge in [-0.05, 0) is 68.3 Å². The van der Waals surface area contributed by atoms with Crippen LogP contribution in [0.4, 0.5) is 4.79 Å². The highest BCUT2D eigenvalue weighted by Crippen LogP contribution is 2.40. The van der Waals surface area contributed by atoms with Gasteiger partial charge in [-0.1, -0.05) is 72.5 Å². The third-order valence-electron chi connectivity index (χ3n) is 10.6. The highest BCUT2D eigenvalue weighted by molar-refractivity contribution is 6.76. The number of benzene rings is 1. The van der Waals surface area contributed by atoms with E-state index in [0.717, 1.165) is 73.1 Å². The quantitative estimate of drug-likeness (QED) is 0.114. The normalized spacial score (nSPS) is 17.8. The van der Waals surface area contributed by atoms with E-state index in [4.69, 9.17) is 19.3 Å². The van der Waals surface area contributed by atoms with Gasteiger partial charge in [-0.3, -0.25) is 4.79 Å². The molecule has 2 aliphatic rings. The Morgan fingerprint density at radius 3 is 2.29 bits per heavy atom. The summed E-state index contributed by atoms with van der Waals surface area (Å²) in [4.78, 5) is 30.3. The molecule has 5 rings (SSSR count). The maximum Gasteiger partial charge on any atom is 0.410 e. The van der Waals surface area contributed by atoms with Crippen LogP contribution in [0.1, 0.15) is 68.6 Å². The van der Waals surface area contributed by atoms with E-state index in [1.807, 2.05) is 24.0 Å². The molecule has 2 aromatic heterocycles. The number of unbranched alkanes of at least 4 members (excludes halogenated alkanes) is 1. The summed E-state index contributed by atoms with van der Waals surface area (Å²) in [5.74, 6) is -0.0268. The summed E-state index contributed by atoms with van der Waals surface area (Å²) in [6, 6.07) is 10.3. The summed E-state index contributed by atoms with van der Waals surface area (Å²) >= 11 is 0. The molecule has 1 aliphatic heterocycles. The smallest absolute Gasteiger partial charge is 0.410 e. The molecule has 12 heteroatoms. The van der Waals surface area contributed by atoms with Gasteiger partial charge in [0.15, 0.2) is 0 Å². The Hall–Kier alpha value is -2.94. The van der Waals surface area contributed by atoms with Crippen LogP contribution in [0.3, 0.4) is 0 Å². The predicted octanol–water partition coefficient (Wildman–Crippen LogP) is 8.73. The van der Waals surface area contributed by atoms with Gasteiger partial charge in [0.2, 0.25) is 0 Å². The summed E-state index contributed by atoms with van der Waals surface area (Å²) in [5, 5.41) is 6.34. The number of amides is 2. The average Bonchev–Trinajstić information content (AvgIpc) is 3.60. The molecule has 1 atom stereocenters. The molecule has 3 aromatic rings. The number of carbonyl (C=O) groups is 2. The SMILES string of the molecule is CCCCOC(=O)N1CCN(C(=O)c2ccc3cc(-c4nn(COCC[Si](C)(C)C)c5c4CCC(C)(C)C5)n(COCC[Si](C)(C)C)c3c2)C[C@H]1C. The molecule has 0 spiro atoms. The molecule has 1 saturated heterocycles. The van der Waals surface area contributed by atoms with Crippen LogP contribution in [0, 0.1) is 5.41 Å². The van der Waals surface area contributed by atoms with Crippen LogP contribution in [0.5, 0.6) is 0 Å². The standard InChI is InChI=1S/C40H65N5O5Si2/c1-11-12-19-50-39(47)43-18-17-42(27-30(43)2)38(46)32-14-13-31-24-35(44(34(31)25-32)28-48-20-22-51(5,6)7)37-33-15-16-40(3,4)26-36(33)45(41-37)29-49-21-23-52(8,9)10/h13-14,24-25,30H,11-12,15-23,26-29H2,1-10H3/t30-/m1/s1. The Morgan fingerprint density at radius 2 is 1.63 bits per heavy atom. The van der Waals surface area contributed by atoms with Crippen molar-refractivity contribution in [3.8, 4) is 11.4 Å². The lowest BCUT2D eigenvalue weighted by atomic mass is 9.76. The fourth-order valence-electron chi connectivity index (χ4n) is 7.08. The zero-order valence-electron chi connectivity index (χ0n) is 33.8. The summed E-state index contributed by atoms with van der Waals surface area (Å²) in [6.07, 6.45) is 4.56. The summed E-state index contributed by atoms with van der Waals surface area (Å²) in [5.41, 5.74) is 6.38. The van der Waals surface area contributed by atoms with E-state index in [2.05, 4.69) is 81.4 Å². The van der Waals surface area contributed by atoms with Crippen molar-refractivity contribution in [3.63, 3.8) is 0 Å². The molecule has 288 valence electrons. The van der Waals surface area contributed by atoms with Crippen LogP contribution >= 0.6 is 0 Å². The summed E-state index contributed by atoms with van der Waals surface area (Å²) in [7, 11) is -2.49. The first-order valence-electron chi connectivity index (χ1n) is 19.6. The van der Waals surface area contributed by atoms with Gasteiger partial charge in [-0.2, -0.15) is 5.10 Å². The monoisotopic (exact) mass is 751 g/mol. The molecular weight excluding hydrogens is 687 g/mol. The van der Waals surface area contributed by atoms with Crippen molar-refractivity contribution in [1.29, 1.82) is 0 Å². The number of aromatic nitrogens is 3. The van der Waals surface area contributed by atoms with E-state index in [9.17, 15) is 9.59 Å². The van der Waals surface area contributed by atoms with Crippen molar-refractivity contribution in [2.24, 2.45) is 5.41 Å². The topological polar surface area (TPSA) is 91.1 Å². The van der Waals surface area contributed by atoms with Gasteiger partial charge < -0.3 is 28.6 Å². The van der Waals surface area contributed by atoms with Gasteiger partial charge >= 0.3 is 6.09 Å². The van der Waals surface area contributed by atoms with E-state index in [1.165, 1.54) is 11.3 Å². The van der Waals surface area contributed by atoms with Crippen molar-refractivity contribution in [1.82, 2.24) is 24.1 Å². The number of nitrogens with zero attached hydrogens (tertiary/aromatic N) is 5. The molecule has 52 heavy (non-hydrogen) atoms. The lowest BCUT2D eigenvalue weighted by molar-refractivity contribution is 0.0409. The number of ether oxygens (including phenoxy) is 3. The van der Waals surface area contributed by atoms with E-state index >= 15 is 0 Å². The largest absolute Gasteiger partial charge is 0.449 e. The van der Waals surface area contributed by atoms with Crippen molar-refractivity contribution in [3.05, 3.63) is 41.1 Å². The number of hydrogen-bond acceptors (Lipinski definition) is 6. The van der Waals surface area contributed by atoms with Gasteiger partial charge in [-0.25, -0.2) is 9.48 Å². The molecule has 2 amide bonds. The van der Waals surface area contributed by atoms with Crippen LogP contribution in [-0.2, 0) is 40.5 Å². The van der Waals surface area contributed by atoms with Gasteiger partial charge in [0, 0.05) is 77.2 Å². The van der Waals surface area contributed by atoms with E-state index in [1.54, 1.807) is 4.90 Å². The second kappa shape index (κ2) is 16.6. The summed E-state index contributed by atoms with van der Waals surface area (Å²) in [6.45, 7) is 27.1. The van der Waals surface area contributed by atoms with Crippen LogP contribution < -0.4 is 0 Å². The van der Waals surface area contributed by atoms with Crippen molar-refractivity contribution in [2.45, 2.75) is 131 Å². The van der Waals surface area contributed by atoms with E-state index < -0.39 is 16.1 Å². The minimum atomic E-state index is -1.28. The number of rotatable bonds is 15. The second-order valence-electron chi connectivity index (χ2n) is 18.3. The molecule has 10 nitrogen and oxygen atoms in total. The Morgan fingerprint density at radius 1 is 0.942 bits per heavy atom. The molecule has 1 aromatic carbocycles. The number of carbonyl (C=O) groups excluding carboxylic acids is 2. The average molecular weight is 752 g/mol. The first-order chi connectivity index (χ1) is 24.5. The molecule has 0 unspecified atom stereocenters. The van der Waals surface area contributed by atoms with Crippen molar-refractivity contribution in [2.75, 3.05) is 39.5 Å².